The number of oxazole rings is 1. The van der Waals surface area contributed by atoms with Crippen molar-refractivity contribution in [2.45, 2.75) is 38.8 Å². The minimum Gasteiger partial charge on any atom is -0.436 e. The summed E-state index contributed by atoms with van der Waals surface area (Å²) in [6.45, 7) is 4.52. The molecule has 5 heteroatoms. The number of carbonyl (C=O) groups excluding carboxylic acids is 1. The number of hydrogen-bond donors (Lipinski definition) is 0. The molecule has 2 aliphatic heterocycles. The first-order chi connectivity index (χ1) is 9.29. The predicted molar refractivity (Wildman–Crippen MR) is 68.5 cm³/mol. The number of aromatic nitrogens is 1. The van der Waals surface area contributed by atoms with Crippen LogP contribution in [0, 0.1) is 5.92 Å². The monoisotopic (exact) mass is 261 g/mol. The van der Waals surface area contributed by atoms with Gasteiger partial charge in [-0.3, -0.25) is 9.69 Å². The third-order valence-corrected chi connectivity index (χ3v) is 4.31. The lowest BCUT2D eigenvalue weighted by atomic mass is 10.4. The van der Waals surface area contributed by atoms with Crippen LogP contribution in [-0.4, -0.2) is 40.3 Å². The first-order valence-electron chi connectivity index (χ1n) is 7.30. The molecule has 0 unspecified atom stereocenters. The molecule has 0 atom stereocenters. The Hall–Kier alpha value is -1.36. The van der Waals surface area contributed by atoms with Crippen molar-refractivity contribution in [3.63, 3.8) is 0 Å². The first kappa shape index (κ1) is 11.5. The zero-order valence-corrected chi connectivity index (χ0v) is 11.1. The van der Waals surface area contributed by atoms with Crippen molar-refractivity contribution < 1.29 is 9.21 Å². The topological polar surface area (TPSA) is 49.6 Å². The van der Waals surface area contributed by atoms with E-state index >= 15 is 0 Å². The molecule has 1 aliphatic carbocycles. The van der Waals surface area contributed by atoms with Gasteiger partial charge in [0.05, 0.1) is 12.2 Å². The first-order valence-corrected chi connectivity index (χ1v) is 7.30. The van der Waals surface area contributed by atoms with Gasteiger partial charge in [-0.1, -0.05) is 0 Å². The van der Waals surface area contributed by atoms with Crippen molar-refractivity contribution in [2.24, 2.45) is 5.92 Å². The Morgan fingerprint density at radius 1 is 1.26 bits per heavy atom. The molecule has 0 spiro atoms. The van der Waals surface area contributed by atoms with Gasteiger partial charge in [-0.25, -0.2) is 4.98 Å². The van der Waals surface area contributed by atoms with Crippen molar-refractivity contribution in [3.05, 3.63) is 17.3 Å². The van der Waals surface area contributed by atoms with Crippen LogP contribution in [0.3, 0.4) is 0 Å². The number of fused-ring (bicyclic) bond motifs is 1. The lowest BCUT2D eigenvalue weighted by Gasteiger charge is -2.14. The molecule has 0 N–H and O–H groups in total. The largest absolute Gasteiger partial charge is 0.436 e. The third-order valence-electron chi connectivity index (χ3n) is 4.31. The molecule has 1 aromatic heterocycles. The number of rotatable bonds is 3. The van der Waals surface area contributed by atoms with E-state index in [1.807, 2.05) is 4.90 Å². The van der Waals surface area contributed by atoms with E-state index in [2.05, 4.69) is 9.88 Å². The van der Waals surface area contributed by atoms with Crippen LogP contribution < -0.4 is 0 Å². The molecule has 102 valence electrons. The van der Waals surface area contributed by atoms with Crippen LogP contribution in [0.4, 0.5) is 0 Å². The summed E-state index contributed by atoms with van der Waals surface area (Å²) in [5.41, 5.74) is 0.975. The molecule has 5 nitrogen and oxygen atoms in total. The Morgan fingerprint density at radius 3 is 2.74 bits per heavy atom. The fraction of sp³-hybridized carbons (Fsp3) is 0.714. The minimum atomic E-state index is -0.0272. The summed E-state index contributed by atoms with van der Waals surface area (Å²) in [5, 5.41) is 0. The summed E-state index contributed by atoms with van der Waals surface area (Å²) >= 11 is 0. The maximum Gasteiger partial charge on any atom is 0.309 e. The predicted octanol–water partition coefficient (Wildman–Crippen LogP) is 1.64. The second kappa shape index (κ2) is 4.34. The molecule has 1 saturated heterocycles. The van der Waals surface area contributed by atoms with Crippen LogP contribution in [0.2, 0.25) is 0 Å². The van der Waals surface area contributed by atoms with Gasteiger partial charge in [-0.15, -0.1) is 0 Å². The van der Waals surface area contributed by atoms with E-state index in [9.17, 15) is 4.79 Å². The molecule has 0 bridgehead atoms. The molecule has 4 rings (SSSR count). The molecule has 3 aliphatic rings. The van der Waals surface area contributed by atoms with Crippen molar-refractivity contribution in [2.75, 3.05) is 19.6 Å². The summed E-state index contributed by atoms with van der Waals surface area (Å²) in [6.07, 6.45) is 4.93. The Labute approximate surface area is 112 Å². The summed E-state index contributed by atoms with van der Waals surface area (Å²) in [5.74, 6) is 2.07. The highest BCUT2D eigenvalue weighted by Gasteiger charge is 2.33. The Bertz CT molecular complexity index is 477. The quantitative estimate of drug-likeness (QED) is 0.830. The highest BCUT2D eigenvalue weighted by Crippen LogP contribution is 2.33. The van der Waals surface area contributed by atoms with Crippen LogP contribution in [0.15, 0.2) is 4.42 Å². The molecule has 0 radical (unpaired) electrons. The lowest BCUT2D eigenvalue weighted by Crippen LogP contribution is -2.28. The van der Waals surface area contributed by atoms with Crippen LogP contribution in [0.1, 0.15) is 47.8 Å². The van der Waals surface area contributed by atoms with E-state index in [0.29, 0.717) is 5.89 Å². The van der Waals surface area contributed by atoms with E-state index < -0.39 is 0 Å². The smallest absolute Gasteiger partial charge is 0.309 e. The summed E-state index contributed by atoms with van der Waals surface area (Å²) in [7, 11) is 0. The molecule has 2 fully saturated rings. The van der Waals surface area contributed by atoms with Crippen LogP contribution in [0.5, 0.6) is 0 Å². The fourth-order valence-corrected chi connectivity index (χ4v) is 3.04. The third kappa shape index (κ3) is 2.16. The van der Waals surface area contributed by atoms with Crippen molar-refractivity contribution in [1.82, 2.24) is 14.8 Å². The van der Waals surface area contributed by atoms with Crippen molar-refractivity contribution in [3.8, 4) is 0 Å². The molecule has 1 aromatic rings. The van der Waals surface area contributed by atoms with Gasteiger partial charge in [0.1, 0.15) is 5.76 Å². The van der Waals surface area contributed by atoms with Gasteiger partial charge >= 0.3 is 5.91 Å². The molecule has 1 amide bonds. The maximum absolute atomic E-state index is 12.2. The minimum absolute atomic E-state index is 0.0272. The van der Waals surface area contributed by atoms with Crippen molar-refractivity contribution in [1.29, 1.82) is 0 Å². The maximum atomic E-state index is 12.2. The average molecular weight is 261 g/mol. The van der Waals surface area contributed by atoms with Crippen LogP contribution in [-0.2, 0) is 13.1 Å². The number of carbonyl (C=O) groups is 1. The zero-order valence-electron chi connectivity index (χ0n) is 11.1. The molecule has 0 aromatic carbocycles. The van der Waals surface area contributed by atoms with Gasteiger partial charge in [0.15, 0.2) is 0 Å². The lowest BCUT2D eigenvalue weighted by molar-refractivity contribution is 0.0748. The number of likely N-dealkylation sites (tertiary alicyclic amines) is 1. The SMILES string of the molecule is O=C(c1nc2c(o1)CN(CC1CC1)C2)N1CCCC1. The van der Waals surface area contributed by atoms with Crippen LogP contribution >= 0.6 is 0 Å². The van der Waals surface area contributed by atoms with Gasteiger partial charge in [0.25, 0.3) is 5.89 Å². The van der Waals surface area contributed by atoms with Gasteiger partial charge in [0.2, 0.25) is 0 Å². The molecule has 3 heterocycles. The van der Waals surface area contributed by atoms with Gasteiger partial charge in [0, 0.05) is 26.2 Å². The molecule has 1 saturated carbocycles. The fourth-order valence-electron chi connectivity index (χ4n) is 3.04. The van der Waals surface area contributed by atoms with Crippen LogP contribution in [0.25, 0.3) is 0 Å². The zero-order chi connectivity index (χ0) is 12.8. The van der Waals surface area contributed by atoms with E-state index in [0.717, 1.165) is 62.9 Å². The average Bonchev–Trinajstić information content (AvgIpc) is 2.82. The summed E-state index contributed by atoms with van der Waals surface area (Å²) < 4.78 is 5.69. The van der Waals surface area contributed by atoms with E-state index in [-0.39, 0.29) is 5.91 Å². The second-order valence-electron chi connectivity index (χ2n) is 6.00. The van der Waals surface area contributed by atoms with E-state index in [1.54, 1.807) is 0 Å². The Balaban J connectivity index is 1.44. The van der Waals surface area contributed by atoms with Crippen molar-refractivity contribution >= 4 is 5.91 Å². The number of nitrogens with zero attached hydrogens (tertiary/aromatic N) is 3. The summed E-state index contributed by atoms with van der Waals surface area (Å²) in [6, 6.07) is 0. The van der Waals surface area contributed by atoms with E-state index in [1.165, 1.54) is 12.8 Å². The standard InChI is InChI=1S/C14H19N3O2/c18-14(17-5-1-2-6-17)13-15-11-8-16(7-10-3-4-10)9-12(11)19-13/h10H,1-9H2. The number of amides is 1. The Kier molecular flexibility index (Phi) is 2.62. The highest BCUT2D eigenvalue weighted by atomic mass is 16.4. The Morgan fingerprint density at radius 2 is 2.05 bits per heavy atom. The summed E-state index contributed by atoms with van der Waals surface area (Å²) in [4.78, 5) is 20.8. The van der Waals surface area contributed by atoms with Gasteiger partial charge in [-0.2, -0.15) is 0 Å². The molecular formula is C14H19N3O2. The van der Waals surface area contributed by atoms with Gasteiger partial charge < -0.3 is 9.32 Å². The highest BCUT2D eigenvalue weighted by molar-refractivity contribution is 5.90. The second-order valence-corrected chi connectivity index (χ2v) is 6.00. The number of hydrogen-bond acceptors (Lipinski definition) is 4. The molecule has 19 heavy (non-hydrogen) atoms. The van der Waals surface area contributed by atoms with E-state index in [4.69, 9.17) is 4.42 Å². The van der Waals surface area contributed by atoms with Gasteiger partial charge in [-0.05, 0) is 31.6 Å². The normalized spacial score (nSPS) is 23.1. The molecular weight excluding hydrogens is 242 g/mol.